The number of nitrogens with zero attached hydrogens (tertiary/aromatic N) is 5. The van der Waals surface area contributed by atoms with E-state index in [4.69, 9.17) is 0 Å². The second-order valence-electron chi connectivity index (χ2n) is 3.14. The first-order valence-electron chi connectivity index (χ1n) is 4.25. The van der Waals surface area contributed by atoms with Crippen LogP contribution in [0.15, 0.2) is 0 Å². The molecule has 0 atom stereocenters. The zero-order valence-electron chi connectivity index (χ0n) is 9.42. The summed E-state index contributed by atoms with van der Waals surface area (Å²) in [5.74, 6) is -7.74. The molecule has 1 rings (SSSR count). The fourth-order valence-electron chi connectivity index (χ4n) is 1.55. The Morgan fingerprint density at radius 1 is 0.895 bits per heavy atom. The van der Waals surface area contributed by atoms with E-state index < -0.39 is 44.4 Å². The van der Waals surface area contributed by atoms with Gasteiger partial charge in [-0.15, -0.1) is 6.54 Å². The first-order chi connectivity index (χ1) is 8.23. The Labute approximate surface area is 125 Å². The molecule has 0 spiro atoms. The van der Waals surface area contributed by atoms with Crippen molar-refractivity contribution in [3.63, 3.8) is 0 Å². The molecular formula is C4H5N6NaO8. The summed E-state index contributed by atoms with van der Waals surface area (Å²) in [4.78, 5) is 36.1. The fraction of sp³-hybridized carbons (Fsp3) is 1.00. The summed E-state index contributed by atoms with van der Waals surface area (Å²) in [6.07, 6.45) is 0. The molecular weight excluding hydrogens is 283 g/mol. The summed E-state index contributed by atoms with van der Waals surface area (Å²) >= 11 is 0. The van der Waals surface area contributed by atoms with Crippen LogP contribution in [0.25, 0.3) is 5.32 Å². The molecule has 0 aromatic carbocycles. The second kappa shape index (κ2) is 5.66. The number of piperazine rings is 1. The standard InChI is InChI=1S/C4H5N6O8.Na/c11-7(12)3(8(13)14)4(9(15)16,10(17)18)6-2-1-5-3;/h5H,1-2H2;/q-1;+1. The van der Waals surface area contributed by atoms with E-state index in [2.05, 4.69) is 5.32 Å². The number of hydrogen-bond acceptors (Lipinski definition) is 9. The molecule has 0 unspecified atom stereocenters. The summed E-state index contributed by atoms with van der Waals surface area (Å²) in [7, 11) is 0. The van der Waals surface area contributed by atoms with Crippen molar-refractivity contribution in [2.75, 3.05) is 13.1 Å². The first kappa shape index (κ1) is 17.5. The van der Waals surface area contributed by atoms with Gasteiger partial charge in [-0.2, -0.15) is 5.32 Å². The van der Waals surface area contributed by atoms with Crippen LogP contribution in [-0.4, -0.2) is 44.4 Å². The molecule has 1 aliphatic heterocycles. The Morgan fingerprint density at radius 3 is 1.58 bits per heavy atom. The van der Waals surface area contributed by atoms with Gasteiger partial charge in [0.1, 0.15) is 9.85 Å². The van der Waals surface area contributed by atoms with Gasteiger partial charge in [0.05, 0.1) is 9.85 Å². The van der Waals surface area contributed by atoms with Gasteiger partial charge in [0.15, 0.2) is 0 Å². The molecule has 15 heteroatoms. The third-order valence-corrected chi connectivity index (χ3v) is 2.32. The SMILES string of the molecule is O=[N+]([O-])C1([N+](=O)[O-])[N-]CCNC1([N+](=O)[O-])[N+](=O)[O-].[Na+]. The van der Waals surface area contributed by atoms with E-state index in [1.165, 1.54) is 0 Å². The van der Waals surface area contributed by atoms with Crippen LogP contribution >= 0.6 is 0 Å². The fourth-order valence-corrected chi connectivity index (χ4v) is 1.55. The molecule has 0 aliphatic carbocycles. The van der Waals surface area contributed by atoms with Crippen molar-refractivity contribution in [3.8, 4) is 0 Å². The minimum atomic E-state index is -3.90. The normalized spacial score (nSPS) is 19.8. The quantitative estimate of drug-likeness (QED) is 0.228. The van der Waals surface area contributed by atoms with Crippen LogP contribution in [-0.2, 0) is 0 Å². The summed E-state index contributed by atoms with van der Waals surface area (Å²) in [6.45, 7) is -1.00. The molecule has 0 amide bonds. The topological polar surface area (TPSA) is 199 Å². The summed E-state index contributed by atoms with van der Waals surface area (Å²) in [5, 5.41) is 47.6. The van der Waals surface area contributed by atoms with Gasteiger partial charge in [-0.05, 0) is 6.54 Å². The summed E-state index contributed by atoms with van der Waals surface area (Å²) < 4.78 is 0. The van der Waals surface area contributed by atoms with Gasteiger partial charge < -0.3 is 5.32 Å². The van der Waals surface area contributed by atoms with Gasteiger partial charge in [0.25, 0.3) is 0 Å². The van der Waals surface area contributed by atoms with E-state index in [1.54, 1.807) is 5.32 Å². The van der Waals surface area contributed by atoms with Gasteiger partial charge in [0.2, 0.25) is 0 Å². The van der Waals surface area contributed by atoms with Gasteiger partial charge in [0, 0.05) is 0 Å². The van der Waals surface area contributed by atoms with Crippen molar-refractivity contribution < 1.29 is 49.3 Å². The third kappa shape index (κ3) is 2.12. The minimum Gasteiger partial charge on any atom is -0.504 e. The van der Waals surface area contributed by atoms with Crippen LogP contribution in [0.5, 0.6) is 0 Å². The Hall–Kier alpha value is -1.48. The van der Waals surface area contributed by atoms with Crippen molar-refractivity contribution in [1.82, 2.24) is 5.32 Å². The molecule has 14 nitrogen and oxygen atoms in total. The van der Waals surface area contributed by atoms with E-state index in [9.17, 15) is 40.5 Å². The van der Waals surface area contributed by atoms with E-state index in [0.717, 1.165) is 0 Å². The molecule has 0 aromatic rings. The van der Waals surface area contributed by atoms with Crippen molar-refractivity contribution in [2.24, 2.45) is 0 Å². The van der Waals surface area contributed by atoms with Gasteiger partial charge in [-0.1, -0.05) is 0 Å². The molecule has 1 heterocycles. The molecule has 0 saturated carbocycles. The maximum absolute atomic E-state index is 10.8. The predicted octanol–water partition coefficient (Wildman–Crippen LogP) is -4.62. The average molecular weight is 288 g/mol. The summed E-state index contributed by atoms with van der Waals surface area (Å²) in [5.41, 5.74) is 0. The van der Waals surface area contributed by atoms with E-state index >= 15 is 0 Å². The molecule has 19 heavy (non-hydrogen) atoms. The molecule has 1 saturated heterocycles. The van der Waals surface area contributed by atoms with E-state index in [-0.39, 0.29) is 29.6 Å². The van der Waals surface area contributed by atoms with Gasteiger partial charge in [-0.25, -0.2) is 0 Å². The third-order valence-electron chi connectivity index (χ3n) is 2.32. The van der Waals surface area contributed by atoms with Crippen LogP contribution < -0.4 is 34.9 Å². The van der Waals surface area contributed by atoms with Crippen LogP contribution in [0.2, 0.25) is 0 Å². The van der Waals surface area contributed by atoms with Crippen molar-refractivity contribution in [1.29, 1.82) is 0 Å². The average Bonchev–Trinajstić information content (AvgIpc) is 2.27. The largest absolute Gasteiger partial charge is 1.00 e. The van der Waals surface area contributed by atoms with Crippen molar-refractivity contribution in [3.05, 3.63) is 45.8 Å². The predicted molar refractivity (Wildman–Crippen MR) is 49.7 cm³/mol. The van der Waals surface area contributed by atoms with Gasteiger partial charge in [-0.3, -0.25) is 40.5 Å². The number of hydrogen-bond donors (Lipinski definition) is 1. The Bertz CT molecular complexity index is 371. The zero-order chi connectivity index (χ0) is 14.1. The summed E-state index contributed by atoms with van der Waals surface area (Å²) in [6, 6.07) is 0. The smallest absolute Gasteiger partial charge is 0.504 e. The maximum atomic E-state index is 10.8. The molecule has 1 aliphatic rings. The molecule has 1 fully saturated rings. The van der Waals surface area contributed by atoms with Crippen LogP contribution in [0.4, 0.5) is 0 Å². The molecule has 0 aromatic heterocycles. The van der Waals surface area contributed by atoms with Crippen LogP contribution in [0.1, 0.15) is 0 Å². The molecule has 0 radical (unpaired) electrons. The first-order valence-corrected chi connectivity index (χ1v) is 4.25. The maximum Gasteiger partial charge on any atom is 1.00 e. The molecule has 100 valence electrons. The Kier molecular flexibility index (Phi) is 5.22. The zero-order valence-corrected chi connectivity index (χ0v) is 11.4. The minimum absolute atomic E-state index is 0. The van der Waals surface area contributed by atoms with E-state index in [0.29, 0.717) is 0 Å². The van der Waals surface area contributed by atoms with Crippen molar-refractivity contribution >= 4 is 0 Å². The number of rotatable bonds is 4. The number of nitrogens with one attached hydrogen (secondary N) is 1. The second-order valence-corrected chi connectivity index (χ2v) is 3.14. The van der Waals surface area contributed by atoms with E-state index in [1.807, 2.05) is 0 Å². The Morgan fingerprint density at radius 2 is 1.32 bits per heavy atom. The number of nitro groups is 4. The molecule has 1 N–H and O–H groups in total. The molecule has 0 bridgehead atoms. The van der Waals surface area contributed by atoms with Crippen LogP contribution in [0.3, 0.4) is 0 Å². The van der Waals surface area contributed by atoms with Crippen LogP contribution in [0, 0.1) is 40.5 Å². The monoisotopic (exact) mass is 288 g/mol. The van der Waals surface area contributed by atoms with Gasteiger partial charge >= 0.3 is 41.1 Å². The Balaban J connectivity index is 0.00000324. The van der Waals surface area contributed by atoms with Crippen molar-refractivity contribution in [2.45, 2.75) is 11.6 Å².